The van der Waals surface area contributed by atoms with Gasteiger partial charge in [0.1, 0.15) is 0 Å². The van der Waals surface area contributed by atoms with Crippen LogP contribution < -0.4 is 5.09 Å². The van der Waals surface area contributed by atoms with Crippen molar-refractivity contribution < 1.29 is 4.52 Å². The van der Waals surface area contributed by atoms with Crippen molar-refractivity contribution in [2.24, 2.45) is 0 Å². The molecule has 0 amide bonds. The Morgan fingerprint density at radius 3 is 2.67 bits per heavy atom. The van der Waals surface area contributed by atoms with Gasteiger partial charge in [-0.2, -0.15) is 0 Å². The molecular weight excluding hydrogens is 265 g/mol. The highest BCUT2D eigenvalue weighted by molar-refractivity contribution is 8.69. The molecule has 15 heavy (non-hydrogen) atoms. The highest BCUT2D eigenvalue weighted by Gasteiger charge is 2.17. The van der Waals surface area contributed by atoms with Crippen molar-refractivity contribution in [1.82, 2.24) is 5.09 Å². The SMILES string of the molecule is CCOP(=S)(NC=S)Sc1ccccc1. The summed E-state index contributed by atoms with van der Waals surface area (Å²) in [5.41, 5.74) is -0.664. The van der Waals surface area contributed by atoms with Gasteiger partial charge in [0.2, 0.25) is 5.62 Å². The van der Waals surface area contributed by atoms with Gasteiger partial charge in [-0.15, -0.1) is 0 Å². The van der Waals surface area contributed by atoms with Crippen LogP contribution in [0.15, 0.2) is 35.2 Å². The monoisotopic (exact) mass is 277 g/mol. The van der Waals surface area contributed by atoms with Crippen LogP contribution >= 0.6 is 29.2 Å². The van der Waals surface area contributed by atoms with Crippen LogP contribution in [0.25, 0.3) is 0 Å². The Balaban J connectivity index is 2.75. The molecule has 1 aromatic rings. The van der Waals surface area contributed by atoms with E-state index < -0.39 is 5.62 Å². The standard InChI is InChI=1S/C9H12NOPS3/c1-2-11-12(14,10-8-13)15-9-6-4-3-5-7-9/h3-8H,2H2,1H3,(H,10,13,14). The normalized spacial score (nSPS) is 14.2. The van der Waals surface area contributed by atoms with Crippen LogP contribution in [0.2, 0.25) is 0 Å². The fourth-order valence-corrected chi connectivity index (χ4v) is 6.23. The number of hydrogen-bond donors (Lipinski definition) is 1. The molecule has 0 spiro atoms. The number of nitrogens with one attached hydrogen (secondary N) is 1. The summed E-state index contributed by atoms with van der Waals surface area (Å²) in [4.78, 5) is 1.10. The van der Waals surface area contributed by atoms with E-state index >= 15 is 0 Å². The Labute approximate surface area is 105 Å². The predicted molar refractivity (Wildman–Crippen MR) is 75.0 cm³/mol. The first kappa shape index (κ1) is 13.1. The van der Waals surface area contributed by atoms with Crippen LogP contribution in [-0.4, -0.2) is 12.1 Å². The van der Waals surface area contributed by atoms with Crippen LogP contribution in [0.4, 0.5) is 0 Å². The molecule has 1 N–H and O–H groups in total. The summed E-state index contributed by atoms with van der Waals surface area (Å²) in [7, 11) is 0. The van der Waals surface area contributed by atoms with Crippen molar-refractivity contribution >= 4 is 46.5 Å². The van der Waals surface area contributed by atoms with Gasteiger partial charge in [-0.05, 0) is 42.2 Å². The van der Waals surface area contributed by atoms with E-state index in [1.807, 2.05) is 37.3 Å². The molecule has 1 rings (SSSR count). The third kappa shape index (κ3) is 4.62. The highest BCUT2D eigenvalue weighted by Crippen LogP contribution is 2.59. The predicted octanol–water partition coefficient (Wildman–Crippen LogP) is 3.59. The zero-order valence-electron chi connectivity index (χ0n) is 8.25. The van der Waals surface area contributed by atoms with E-state index in [1.165, 1.54) is 16.9 Å². The molecule has 1 aromatic carbocycles. The van der Waals surface area contributed by atoms with Gasteiger partial charge in [0.15, 0.2) is 0 Å². The van der Waals surface area contributed by atoms with Crippen molar-refractivity contribution in [3.63, 3.8) is 0 Å². The van der Waals surface area contributed by atoms with Gasteiger partial charge in [0.05, 0.1) is 12.1 Å². The first-order valence-electron chi connectivity index (χ1n) is 4.41. The molecule has 1 unspecified atom stereocenters. The molecule has 1 atom stereocenters. The van der Waals surface area contributed by atoms with Gasteiger partial charge in [-0.3, -0.25) is 0 Å². The molecule has 0 aliphatic rings. The van der Waals surface area contributed by atoms with E-state index in [9.17, 15) is 0 Å². The first-order chi connectivity index (χ1) is 7.20. The number of thiocarbonyl (C=S) groups is 1. The summed E-state index contributed by atoms with van der Waals surface area (Å²) in [6.07, 6.45) is 0. The van der Waals surface area contributed by atoms with Gasteiger partial charge >= 0.3 is 0 Å². The van der Waals surface area contributed by atoms with E-state index in [2.05, 4.69) is 5.09 Å². The van der Waals surface area contributed by atoms with E-state index in [-0.39, 0.29) is 0 Å². The lowest BCUT2D eigenvalue weighted by molar-refractivity contribution is 0.383. The Bertz CT molecular complexity index is 358. The van der Waals surface area contributed by atoms with Gasteiger partial charge < -0.3 is 9.61 Å². The quantitative estimate of drug-likeness (QED) is 0.632. The summed E-state index contributed by atoms with van der Waals surface area (Å²) in [6.45, 7) is 2.52. The fraction of sp³-hybridized carbons (Fsp3) is 0.222. The zero-order chi connectivity index (χ0) is 11.1. The van der Waals surface area contributed by atoms with Crippen molar-refractivity contribution in [1.29, 1.82) is 0 Å². The van der Waals surface area contributed by atoms with Crippen LogP contribution in [0.1, 0.15) is 6.92 Å². The maximum atomic E-state index is 5.55. The fourth-order valence-electron chi connectivity index (χ4n) is 0.945. The lowest BCUT2D eigenvalue weighted by Crippen LogP contribution is -2.05. The second-order valence-electron chi connectivity index (χ2n) is 2.57. The molecule has 2 nitrogen and oxygen atoms in total. The van der Waals surface area contributed by atoms with Gasteiger partial charge in [-0.25, -0.2) is 0 Å². The van der Waals surface area contributed by atoms with Crippen molar-refractivity contribution in [2.45, 2.75) is 11.8 Å². The third-order valence-electron chi connectivity index (χ3n) is 1.48. The van der Waals surface area contributed by atoms with Crippen molar-refractivity contribution in [3.05, 3.63) is 30.3 Å². The van der Waals surface area contributed by atoms with Crippen molar-refractivity contribution in [2.75, 3.05) is 6.61 Å². The number of hydrogen-bond acceptors (Lipinski definition) is 4. The Hall–Kier alpha value is 0.0700. The van der Waals surface area contributed by atoms with E-state index in [0.29, 0.717) is 6.61 Å². The molecule has 0 heterocycles. The molecule has 0 aromatic heterocycles. The highest BCUT2D eigenvalue weighted by atomic mass is 32.9. The Kier molecular flexibility index (Phi) is 5.79. The summed E-state index contributed by atoms with van der Waals surface area (Å²) in [5, 5.41) is 2.96. The van der Waals surface area contributed by atoms with Crippen LogP contribution in [0, 0.1) is 0 Å². The molecule has 0 radical (unpaired) electrons. The molecule has 82 valence electrons. The molecule has 0 fully saturated rings. The molecule has 0 saturated carbocycles. The summed E-state index contributed by atoms with van der Waals surface area (Å²) < 4.78 is 5.55. The first-order valence-corrected chi connectivity index (χ1v) is 9.02. The zero-order valence-corrected chi connectivity index (χ0v) is 11.6. The average Bonchev–Trinajstić information content (AvgIpc) is 2.19. The van der Waals surface area contributed by atoms with Crippen molar-refractivity contribution in [3.8, 4) is 0 Å². The number of rotatable bonds is 6. The van der Waals surface area contributed by atoms with Crippen LogP contribution in [0.3, 0.4) is 0 Å². The molecular formula is C9H12NOPS3. The Morgan fingerprint density at radius 1 is 1.47 bits per heavy atom. The van der Waals surface area contributed by atoms with E-state index in [1.54, 1.807) is 0 Å². The minimum atomic E-state index is -2.10. The van der Waals surface area contributed by atoms with Gasteiger partial charge in [0, 0.05) is 4.90 Å². The largest absolute Gasteiger partial charge is 0.327 e. The minimum Gasteiger partial charge on any atom is -0.327 e. The summed E-state index contributed by atoms with van der Waals surface area (Å²) in [6, 6.07) is 9.95. The maximum Gasteiger partial charge on any atom is 0.215 e. The minimum absolute atomic E-state index is 0.591. The van der Waals surface area contributed by atoms with Crippen LogP contribution in [0.5, 0.6) is 0 Å². The van der Waals surface area contributed by atoms with E-state index in [4.69, 9.17) is 28.5 Å². The second kappa shape index (κ2) is 6.61. The lowest BCUT2D eigenvalue weighted by atomic mass is 10.4. The van der Waals surface area contributed by atoms with Gasteiger partial charge in [-0.1, -0.05) is 30.4 Å². The molecule has 0 saturated heterocycles. The summed E-state index contributed by atoms with van der Waals surface area (Å²) >= 11 is 11.7. The lowest BCUT2D eigenvalue weighted by Gasteiger charge is -2.19. The molecule has 0 bridgehead atoms. The molecule has 6 heteroatoms. The second-order valence-corrected chi connectivity index (χ2v) is 9.29. The third-order valence-corrected chi connectivity index (χ3v) is 6.83. The number of benzene rings is 1. The maximum absolute atomic E-state index is 5.55. The van der Waals surface area contributed by atoms with E-state index in [0.717, 1.165) is 4.90 Å². The smallest absolute Gasteiger partial charge is 0.215 e. The Morgan fingerprint density at radius 2 is 2.13 bits per heavy atom. The van der Waals surface area contributed by atoms with Gasteiger partial charge in [0.25, 0.3) is 0 Å². The molecule has 0 aliphatic carbocycles. The molecule has 0 aliphatic heterocycles. The average molecular weight is 277 g/mol. The van der Waals surface area contributed by atoms with Crippen LogP contribution in [-0.2, 0) is 16.3 Å². The topological polar surface area (TPSA) is 21.3 Å². The summed E-state index contributed by atoms with van der Waals surface area (Å²) in [5.74, 6) is 0.